The van der Waals surface area contributed by atoms with Crippen molar-refractivity contribution in [2.24, 2.45) is 0 Å². The van der Waals surface area contributed by atoms with E-state index in [0.717, 1.165) is 45.2 Å². The third-order valence-electron chi connectivity index (χ3n) is 6.31. The second-order valence-electron chi connectivity index (χ2n) is 8.55. The molecule has 0 bridgehead atoms. The van der Waals surface area contributed by atoms with E-state index >= 15 is 0 Å². The highest BCUT2D eigenvalue weighted by molar-refractivity contribution is 7.81. The SMILES string of the molecule is COc1ccc(-c2nc3n(Cc4ccccc4)c4ccccc4n3c2C(=S)Nc2ccccc2)cc1. The van der Waals surface area contributed by atoms with Crippen molar-refractivity contribution >= 4 is 39.7 Å². The molecule has 36 heavy (non-hydrogen) atoms. The Morgan fingerprint density at radius 3 is 2.14 bits per heavy atom. The third kappa shape index (κ3) is 3.91. The van der Waals surface area contributed by atoms with Crippen LogP contribution >= 0.6 is 12.2 Å². The number of para-hydroxylation sites is 3. The van der Waals surface area contributed by atoms with E-state index in [-0.39, 0.29) is 0 Å². The van der Waals surface area contributed by atoms with Gasteiger partial charge in [-0.1, -0.05) is 72.9 Å². The van der Waals surface area contributed by atoms with Crippen molar-refractivity contribution in [2.75, 3.05) is 12.4 Å². The zero-order valence-electron chi connectivity index (χ0n) is 19.8. The van der Waals surface area contributed by atoms with Crippen LogP contribution in [0, 0.1) is 0 Å². The van der Waals surface area contributed by atoms with E-state index in [9.17, 15) is 0 Å². The zero-order chi connectivity index (χ0) is 24.5. The first-order valence-corrected chi connectivity index (χ1v) is 12.2. The summed E-state index contributed by atoms with van der Waals surface area (Å²) in [6.45, 7) is 0.704. The average Bonchev–Trinajstić information content (AvgIpc) is 3.46. The van der Waals surface area contributed by atoms with Gasteiger partial charge in [0.15, 0.2) is 0 Å². The number of benzene rings is 4. The molecule has 0 radical (unpaired) electrons. The van der Waals surface area contributed by atoms with E-state index < -0.39 is 0 Å². The van der Waals surface area contributed by atoms with Crippen LogP contribution in [0.4, 0.5) is 5.69 Å². The van der Waals surface area contributed by atoms with Crippen LogP contribution in [0.1, 0.15) is 11.3 Å². The van der Waals surface area contributed by atoms with Crippen molar-refractivity contribution in [1.82, 2.24) is 14.0 Å². The number of rotatable bonds is 6. The Bertz CT molecular complexity index is 1670. The summed E-state index contributed by atoms with van der Waals surface area (Å²) in [6.07, 6.45) is 0. The molecule has 0 aliphatic rings. The van der Waals surface area contributed by atoms with Gasteiger partial charge in [0.1, 0.15) is 22.1 Å². The topological polar surface area (TPSA) is 43.5 Å². The van der Waals surface area contributed by atoms with Crippen molar-refractivity contribution in [2.45, 2.75) is 6.54 Å². The van der Waals surface area contributed by atoms with Gasteiger partial charge in [-0.25, -0.2) is 4.98 Å². The first-order chi connectivity index (χ1) is 17.7. The van der Waals surface area contributed by atoms with Crippen LogP contribution in [0.25, 0.3) is 28.1 Å². The van der Waals surface area contributed by atoms with Crippen molar-refractivity contribution in [3.8, 4) is 17.0 Å². The van der Waals surface area contributed by atoms with Gasteiger partial charge in [0.2, 0.25) is 5.78 Å². The van der Waals surface area contributed by atoms with Gasteiger partial charge in [0, 0.05) is 11.3 Å². The number of hydrogen-bond donors (Lipinski definition) is 1. The molecule has 6 rings (SSSR count). The number of thiocarbonyl (C=S) groups is 1. The molecule has 4 aromatic carbocycles. The van der Waals surface area contributed by atoms with E-state index in [1.807, 2.05) is 60.7 Å². The molecule has 2 aromatic heterocycles. The lowest BCUT2D eigenvalue weighted by atomic mass is 10.1. The molecule has 176 valence electrons. The van der Waals surface area contributed by atoms with Crippen molar-refractivity contribution in [1.29, 1.82) is 0 Å². The molecule has 1 N–H and O–H groups in total. The molecular weight excluding hydrogens is 464 g/mol. The van der Waals surface area contributed by atoms with E-state index in [4.69, 9.17) is 21.9 Å². The van der Waals surface area contributed by atoms with Gasteiger partial charge in [-0.05, 0) is 54.1 Å². The van der Waals surface area contributed by atoms with Crippen LogP contribution in [0.2, 0.25) is 0 Å². The van der Waals surface area contributed by atoms with Crippen LogP contribution in [-0.2, 0) is 6.54 Å². The Morgan fingerprint density at radius 2 is 1.44 bits per heavy atom. The molecule has 0 spiro atoms. The molecular formula is C30H24N4OS. The van der Waals surface area contributed by atoms with E-state index in [0.29, 0.717) is 11.5 Å². The van der Waals surface area contributed by atoms with Gasteiger partial charge in [0.25, 0.3) is 0 Å². The molecule has 0 fully saturated rings. The molecule has 2 heterocycles. The van der Waals surface area contributed by atoms with E-state index in [1.165, 1.54) is 5.56 Å². The predicted molar refractivity (Wildman–Crippen MR) is 150 cm³/mol. The van der Waals surface area contributed by atoms with Crippen LogP contribution in [-0.4, -0.2) is 26.1 Å². The molecule has 0 atom stereocenters. The summed E-state index contributed by atoms with van der Waals surface area (Å²) in [6, 6.07) is 36.8. The molecule has 0 aliphatic carbocycles. The summed E-state index contributed by atoms with van der Waals surface area (Å²) in [7, 11) is 1.67. The number of aromatic nitrogens is 3. The molecule has 0 amide bonds. The molecule has 5 nitrogen and oxygen atoms in total. The lowest BCUT2D eigenvalue weighted by molar-refractivity contribution is 0.415. The van der Waals surface area contributed by atoms with Crippen molar-refractivity contribution in [3.05, 3.63) is 120 Å². The minimum absolute atomic E-state index is 0.613. The molecule has 0 saturated carbocycles. The Hall–Kier alpha value is -4.42. The number of hydrogen-bond acceptors (Lipinski definition) is 3. The predicted octanol–water partition coefficient (Wildman–Crippen LogP) is 6.80. The van der Waals surface area contributed by atoms with Crippen LogP contribution in [0.3, 0.4) is 0 Å². The average molecular weight is 489 g/mol. The van der Waals surface area contributed by atoms with Gasteiger partial charge in [-0.2, -0.15) is 0 Å². The highest BCUT2D eigenvalue weighted by Gasteiger charge is 2.24. The lowest BCUT2D eigenvalue weighted by Gasteiger charge is -2.10. The van der Waals surface area contributed by atoms with Gasteiger partial charge in [0.05, 0.1) is 24.7 Å². The highest BCUT2D eigenvalue weighted by Crippen LogP contribution is 2.32. The maximum absolute atomic E-state index is 6.02. The highest BCUT2D eigenvalue weighted by atomic mass is 32.1. The number of fused-ring (bicyclic) bond motifs is 3. The minimum atomic E-state index is 0.613. The number of nitrogens with zero attached hydrogens (tertiary/aromatic N) is 3. The third-order valence-corrected chi connectivity index (χ3v) is 6.60. The smallest absolute Gasteiger partial charge is 0.216 e. The minimum Gasteiger partial charge on any atom is -0.497 e. The van der Waals surface area contributed by atoms with Crippen molar-refractivity contribution < 1.29 is 4.74 Å². The number of imidazole rings is 2. The number of nitrogens with one attached hydrogen (secondary N) is 1. The monoisotopic (exact) mass is 488 g/mol. The standard InChI is InChI=1S/C30H24N4OS/c1-35-24-18-16-22(17-19-24)27-28(29(36)31-23-12-6-3-7-13-23)34-26-15-9-8-14-25(26)33(30(34)32-27)20-21-10-4-2-5-11-21/h2-19H,20H2,1H3,(H,31,36). The fourth-order valence-electron chi connectivity index (χ4n) is 4.60. The maximum Gasteiger partial charge on any atom is 0.216 e. The van der Waals surface area contributed by atoms with Crippen LogP contribution in [0.5, 0.6) is 5.75 Å². The van der Waals surface area contributed by atoms with Gasteiger partial charge in [-0.15, -0.1) is 0 Å². The summed E-state index contributed by atoms with van der Waals surface area (Å²) >= 11 is 6.02. The van der Waals surface area contributed by atoms with Gasteiger partial charge < -0.3 is 14.6 Å². The molecule has 6 aromatic rings. The normalized spacial score (nSPS) is 11.1. The molecule has 6 heteroatoms. The molecule has 0 saturated heterocycles. The summed E-state index contributed by atoms with van der Waals surface area (Å²) < 4.78 is 9.81. The second-order valence-corrected chi connectivity index (χ2v) is 8.96. The van der Waals surface area contributed by atoms with E-state index in [1.54, 1.807) is 7.11 Å². The largest absolute Gasteiger partial charge is 0.497 e. The summed E-state index contributed by atoms with van der Waals surface area (Å²) in [5.41, 5.74) is 6.97. The fraction of sp³-hybridized carbons (Fsp3) is 0.0667. The van der Waals surface area contributed by atoms with Crippen LogP contribution in [0.15, 0.2) is 109 Å². The first kappa shape index (κ1) is 22.1. The summed E-state index contributed by atoms with van der Waals surface area (Å²) in [5.74, 6) is 1.64. The molecule has 0 unspecified atom stereocenters. The van der Waals surface area contributed by atoms with Crippen molar-refractivity contribution in [3.63, 3.8) is 0 Å². The first-order valence-electron chi connectivity index (χ1n) is 11.8. The lowest BCUT2D eigenvalue weighted by Crippen LogP contribution is -2.14. The summed E-state index contributed by atoms with van der Waals surface area (Å²) in [5, 5.41) is 3.43. The van der Waals surface area contributed by atoms with Gasteiger partial charge in [-0.3, -0.25) is 4.40 Å². The second kappa shape index (κ2) is 9.32. The Morgan fingerprint density at radius 1 is 0.806 bits per heavy atom. The summed E-state index contributed by atoms with van der Waals surface area (Å²) in [4.78, 5) is 5.81. The Balaban J connectivity index is 1.60. The Labute approximate surface area is 214 Å². The number of anilines is 1. The number of ether oxygens (including phenoxy) is 1. The zero-order valence-corrected chi connectivity index (χ0v) is 20.6. The quantitative estimate of drug-likeness (QED) is 0.262. The van der Waals surface area contributed by atoms with Crippen LogP contribution < -0.4 is 10.1 Å². The van der Waals surface area contributed by atoms with Gasteiger partial charge >= 0.3 is 0 Å². The van der Waals surface area contributed by atoms with E-state index in [2.05, 4.69) is 62.8 Å². The maximum atomic E-state index is 6.02. The fourth-order valence-corrected chi connectivity index (χ4v) is 4.91. The Kier molecular flexibility index (Phi) is 5.71. The molecule has 0 aliphatic heterocycles. The number of methoxy groups -OCH3 is 1.